The third-order valence-electron chi connectivity index (χ3n) is 2.17. The van der Waals surface area contributed by atoms with Gasteiger partial charge in [0.1, 0.15) is 0 Å². The van der Waals surface area contributed by atoms with Crippen LogP contribution >= 0.6 is 0 Å². The van der Waals surface area contributed by atoms with Crippen molar-refractivity contribution < 1.29 is 84.7 Å². The summed E-state index contributed by atoms with van der Waals surface area (Å²) in [5.74, 6) is -4.91. The van der Waals surface area contributed by atoms with Crippen molar-refractivity contribution in [1.82, 2.24) is 16.0 Å². The molecule has 0 heterocycles. The summed E-state index contributed by atoms with van der Waals surface area (Å²) in [5.41, 5.74) is 0. The Morgan fingerprint density at radius 2 is 0.720 bits per heavy atom. The van der Waals surface area contributed by atoms with Gasteiger partial charge < -0.3 is 37.5 Å². The Bertz CT molecular complexity index is 331. The molecule has 0 atom stereocenters. The first-order chi connectivity index (χ1) is 9.20. The van der Waals surface area contributed by atoms with Crippen LogP contribution in [-0.4, -0.2) is 104 Å². The molecule has 0 aliphatic heterocycles. The Hall–Kier alpha value is -1.28. The molecule has 0 aromatic heterocycles. The van der Waals surface area contributed by atoms with Crippen LogP contribution in [0, 0.1) is 0 Å². The van der Waals surface area contributed by atoms with Crippen molar-refractivity contribution >= 4 is 23.9 Å². The zero-order chi connectivity index (χ0) is 15.7. The molecular weight excluding hydrogens is 434 g/mol. The van der Waals surface area contributed by atoms with Crippen molar-refractivity contribution in [3.63, 3.8) is 0 Å². The molecule has 0 radical (unpaired) electrons. The zero-order valence-corrected chi connectivity index (χ0v) is 15.2. The molecule has 0 unspecified atom stereocenters. The first-order valence-corrected chi connectivity index (χ1v) is 5.52. The van der Waals surface area contributed by atoms with E-state index in [9.17, 15) is 19.2 Å². The van der Waals surface area contributed by atoms with E-state index in [-0.39, 0.29) is 64.3 Å². The maximum absolute atomic E-state index is 10.6. The van der Waals surface area contributed by atoms with E-state index >= 15 is 0 Å². The average molecular weight is 457 g/mol. The third kappa shape index (κ3) is 25.1. The molecule has 0 bridgehead atoms. The van der Waals surface area contributed by atoms with Crippen LogP contribution in [0.5, 0.6) is 0 Å². The number of carboxylic acid groups (broad SMARTS) is 4. The Morgan fingerprint density at radius 1 is 0.560 bits per heavy atom. The fraction of sp³-hybridized carbons (Fsp3) is 0.600. The number of aliphatic carboxylic acids is 4. The molecule has 0 rings (SSSR count). The SMILES string of the molecule is N.O.O.O=C(O)CN(CCN(CC(=O)O)CC(=O)O)CC(=O)O.[Fe].[Fe]. The molecule has 11 N–H and O–H groups in total. The molecular formula is C10H23Fe2N3O10. The molecule has 15 heteroatoms. The summed E-state index contributed by atoms with van der Waals surface area (Å²) in [6, 6.07) is 0. The first-order valence-electron chi connectivity index (χ1n) is 5.52. The minimum absolute atomic E-state index is 0. The summed E-state index contributed by atoms with van der Waals surface area (Å²) in [5, 5.41) is 34.5. The van der Waals surface area contributed by atoms with E-state index in [4.69, 9.17) is 20.4 Å². The topological polar surface area (TPSA) is 254 Å². The van der Waals surface area contributed by atoms with Gasteiger partial charge in [-0.25, -0.2) is 0 Å². The number of rotatable bonds is 11. The predicted octanol–water partition coefficient (Wildman–Crippen LogP) is -3.56. The van der Waals surface area contributed by atoms with Crippen molar-refractivity contribution in [1.29, 1.82) is 0 Å². The normalized spacial score (nSPS) is 8.56. The Labute approximate surface area is 164 Å². The second-order valence-electron chi connectivity index (χ2n) is 4.00. The standard InChI is InChI=1S/C10H16N2O8.2Fe.H3N.2H2O/c13-7(14)3-11(4-8(15)16)1-2-12(5-9(17)18)6-10(19)20;;;;;/h1-6H2,(H,13,14)(H,15,16)(H,17,18)(H,19,20);;;1H3;2*1H2. The van der Waals surface area contributed by atoms with Crippen LogP contribution in [0.2, 0.25) is 0 Å². The van der Waals surface area contributed by atoms with Gasteiger partial charge in [-0.15, -0.1) is 0 Å². The van der Waals surface area contributed by atoms with Crippen molar-refractivity contribution in [2.24, 2.45) is 0 Å². The van der Waals surface area contributed by atoms with Gasteiger partial charge in [-0.3, -0.25) is 29.0 Å². The number of nitrogens with zero attached hydrogens (tertiary/aromatic N) is 2. The molecule has 0 aromatic carbocycles. The largest absolute Gasteiger partial charge is 0.480 e. The van der Waals surface area contributed by atoms with Gasteiger partial charge >= 0.3 is 23.9 Å². The smallest absolute Gasteiger partial charge is 0.317 e. The second-order valence-corrected chi connectivity index (χ2v) is 4.00. The molecule has 0 saturated carbocycles. The van der Waals surface area contributed by atoms with E-state index in [1.807, 2.05) is 0 Å². The summed E-state index contributed by atoms with van der Waals surface area (Å²) in [7, 11) is 0. The van der Waals surface area contributed by atoms with Gasteiger partial charge in [0.15, 0.2) is 0 Å². The Kier molecular flexibility index (Phi) is 32.4. The van der Waals surface area contributed by atoms with Crippen LogP contribution in [0.25, 0.3) is 0 Å². The van der Waals surface area contributed by atoms with Crippen LogP contribution < -0.4 is 6.15 Å². The van der Waals surface area contributed by atoms with E-state index in [1.54, 1.807) is 0 Å². The van der Waals surface area contributed by atoms with Gasteiger partial charge in [-0.2, -0.15) is 0 Å². The first kappa shape index (κ1) is 39.0. The second kappa shape index (κ2) is 20.8. The Balaban J connectivity index is -0.000000180. The van der Waals surface area contributed by atoms with Crippen molar-refractivity contribution in [3.05, 3.63) is 0 Å². The molecule has 0 aliphatic rings. The summed E-state index contributed by atoms with van der Waals surface area (Å²) < 4.78 is 0. The number of hydrogen-bond donors (Lipinski definition) is 5. The van der Waals surface area contributed by atoms with Gasteiger partial charge in [0.05, 0.1) is 26.2 Å². The van der Waals surface area contributed by atoms with Crippen molar-refractivity contribution in [3.8, 4) is 0 Å². The van der Waals surface area contributed by atoms with Crippen molar-refractivity contribution in [2.75, 3.05) is 39.3 Å². The maximum atomic E-state index is 10.6. The summed E-state index contributed by atoms with van der Waals surface area (Å²) >= 11 is 0. The zero-order valence-electron chi connectivity index (χ0n) is 13.0. The van der Waals surface area contributed by atoms with E-state index in [1.165, 1.54) is 0 Å². The maximum Gasteiger partial charge on any atom is 0.317 e. The van der Waals surface area contributed by atoms with Crippen LogP contribution in [0.4, 0.5) is 0 Å². The monoisotopic (exact) mass is 457 g/mol. The molecule has 154 valence electrons. The van der Waals surface area contributed by atoms with Gasteiger partial charge in [0.25, 0.3) is 0 Å². The van der Waals surface area contributed by atoms with Gasteiger partial charge in [-0.1, -0.05) is 0 Å². The third-order valence-corrected chi connectivity index (χ3v) is 2.17. The molecule has 0 aromatic rings. The summed E-state index contributed by atoms with van der Waals surface area (Å²) in [4.78, 5) is 44.4. The van der Waals surface area contributed by atoms with Crippen LogP contribution in [-0.2, 0) is 53.3 Å². The minimum atomic E-state index is -1.23. The molecule has 0 spiro atoms. The summed E-state index contributed by atoms with van der Waals surface area (Å²) in [6.07, 6.45) is 0. The molecule has 13 nitrogen and oxygen atoms in total. The fourth-order valence-electron chi connectivity index (χ4n) is 1.48. The van der Waals surface area contributed by atoms with Crippen LogP contribution in [0.15, 0.2) is 0 Å². The van der Waals surface area contributed by atoms with Crippen LogP contribution in [0.1, 0.15) is 0 Å². The van der Waals surface area contributed by atoms with E-state index in [0.29, 0.717) is 0 Å². The molecule has 25 heavy (non-hydrogen) atoms. The average Bonchev–Trinajstić information content (AvgIpc) is 2.22. The van der Waals surface area contributed by atoms with E-state index in [0.717, 1.165) is 9.80 Å². The molecule has 0 saturated heterocycles. The molecule has 0 aliphatic carbocycles. The number of hydrogen-bond acceptors (Lipinski definition) is 7. The summed E-state index contributed by atoms with van der Waals surface area (Å²) in [6.45, 7) is -2.25. The number of carbonyl (C=O) groups is 4. The quantitative estimate of drug-likeness (QED) is 0.190. The van der Waals surface area contributed by atoms with E-state index in [2.05, 4.69) is 0 Å². The van der Waals surface area contributed by atoms with Gasteiger partial charge in [0.2, 0.25) is 0 Å². The number of carboxylic acids is 4. The predicted molar refractivity (Wildman–Crippen MR) is 75.7 cm³/mol. The van der Waals surface area contributed by atoms with E-state index < -0.39 is 50.1 Å². The van der Waals surface area contributed by atoms with Gasteiger partial charge in [-0.05, 0) is 0 Å². The Morgan fingerprint density at radius 3 is 0.840 bits per heavy atom. The molecule has 0 fully saturated rings. The van der Waals surface area contributed by atoms with Crippen LogP contribution in [0.3, 0.4) is 0 Å². The van der Waals surface area contributed by atoms with Crippen molar-refractivity contribution in [2.45, 2.75) is 0 Å². The fourth-order valence-corrected chi connectivity index (χ4v) is 1.48. The van der Waals surface area contributed by atoms with Gasteiger partial charge in [0, 0.05) is 47.2 Å². The minimum Gasteiger partial charge on any atom is -0.480 e. The molecule has 0 amide bonds.